The summed E-state index contributed by atoms with van der Waals surface area (Å²) in [6.07, 6.45) is 0. The molecule has 3 aromatic rings. The number of hydrogen-bond donors (Lipinski definition) is 0. The van der Waals surface area contributed by atoms with Crippen LogP contribution in [0.3, 0.4) is 0 Å². The van der Waals surface area contributed by atoms with E-state index in [1.54, 1.807) is 24.3 Å². The molecule has 0 saturated heterocycles. The Bertz CT molecular complexity index is 820. The molecular weight excluding hydrogens is 332 g/mol. The highest BCUT2D eigenvalue weighted by atomic mass is 35.5. The third-order valence-electron chi connectivity index (χ3n) is 3.00. The summed E-state index contributed by atoms with van der Waals surface area (Å²) in [5.41, 5.74) is 0.798. The quantitative estimate of drug-likeness (QED) is 0.637. The van der Waals surface area contributed by atoms with Crippen molar-refractivity contribution >= 4 is 17.6 Å². The van der Waals surface area contributed by atoms with Crippen molar-refractivity contribution in [2.24, 2.45) is 0 Å². The first-order valence-electron chi connectivity index (χ1n) is 7.12. The molecule has 0 bridgehead atoms. The number of rotatable bonds is 6. The van der Waals surface area contributed by atoms with Gasteiger partial charge in [0.25, 0.3) is 5.89 Å². The summed E-state index contributed by atoms with van der Waals surface area (Å²) in [6, 6.07) is 16.1. The Morgan fingerprint density at radius 3 is 2.71 bits per heavy atom. The van der Waals surface area contributed by atoms with Crippen molar-refractivity contribution in [2.45, 2.75) is 6.61 Å². The maximum absolute atomic E-state index is 11.7. The molecule has 0 spiro atoms. The summed E-state index contributed by atoms with van der Waals surface area (Å²) in [5.74, 6) is 0.528. The standard InChI is InChI=1S/C17H13ClN2O4/c18-13-7-4-8-14(9-13)22-11-16(21)23-10-15-19-20-17(24-15)12-5-2-1-3-6-12/h1-9H,10-11H2. The largest absolute Gasteiger partial charge is 0.482 e. The van der Waals surface area contributed by atoms with Crippen LogP contribution < -0.4 is 4.74 Å². The SMILES string of the molecule is O=C(COc1cccc(Cl)c1)OCc1nnc(-c2ccccc2)o1. The Labute approximate surface area is 143 Å². The summed E-state index contributed by atoms with van der Waals surface area (Å²) in [6.45, 7) is -0.350. The Hall–Kier alpha value is -2.86. The first-order chi connectivity index (χ1) is 11.7. The molecule has 122 valence electrons. The summed E-state index contributed by atoms with van der Waals surface area (Å²) in [5, 5.41) is 8.28. The molecular formula is C17H13ClN2O4. The number of carbonyl (C=O) groups is 1. The van der Waals surface area contributed by atoms with E-state index < -0.39 is 5.97 Å². The minimum absolute atomic E-state index is 0.114. The van der Waals surface area contributed by atoms with Gasteiger partial charge in [-0.15, -0.1) is 10.2 Å². The monoisotopic (exact) mass is 344 g/mol. The van der Waals surface area contributed by atoms with Gasteiger partial charge < -0.3 is 13.9 Å². The number of esters is 1. The van der Waals surface area contributed by atoms with E-state index in [-0.39, 0.29) is 19.1 Å². The van der Waals surface area contributed by atoms with Gasteiger partial charge in [0.1, 0.15) is 5.75 Å². The maximum atomic E-state index is 11.7. The van der Waals surface area contributed by atoms with Gasteiger partial charge >= 0.3 is 5.97 Å². The second-order valence-electron chi connectivity index (χ2n) is 4.77. The summed E-state index contributed by atoms with van der Waals surface area (Å²) in [7, 11) is 0. The lowest BCUT2D eigenvalue weighted by molar-refractivity contribution is -0.148. The molecule has 7 heteroatoms. The summed E-state index contributed by atoms with van der Waals surface area (Å²) >= 11 is 5.83. The molecule has 0 aliphatic rings. The Kier molecular flexibility index (Phi) is 5.08. The molecule has 0 atom stereocenters. The van der Waals surface area contributed by atoms with Gasteiger partial charge in [-0.25, -0.2) is 4.79 Å². The number of nitrogens with zero attached hydrogens (tertiary/aromatic N) is 2. The number of aromatic nitrogens is 2. The summed E-state index contributed by atoms with van der Waals surface area (Å²) < 4.78 is 15.8. The van der Waals surface area contributed by atoms with Crippen LogP contribution in [-0.4, -0.2) is 22.8 Å². The molecule has 0 N–H and O–H groups in total. The molecule has 0 amide bonds. The first kappa shape index (κ1) is 16.0. The number of carbonyl (C=O) groups excluding carboxylic acids is 1. The molecule has 0 fully saturated rings. The van der Waals surface area contributed by atoms with Crippen molar-refractivity contribution in [1.82, 2.24) is 10.2 Å². The zero-order chi connectivity index (χ0) is 16.8. The molecule has 0 aliphatic heterocycles. The smallest absolute Gasteiger partial charge is 0.344 e. The van der Waals surface area contributed by atoms with E-state index in [1.807, 2.05) is 30.3 Å². The maximum Gasteiger partial charge on any atom is 0.344 e. The second-order valence-corrected chi connectivity index (χ2v) is 5.21. The van der Waals surface area contributed by atoms with Gasteiger partial charge in [0.05, 0.1) is 0 Å². The third-order valence-corrected chi connectivity index (χ3v) is 3.23. The fourth-order valence-corrected chi connectivity index (χ4v) is 2.07. The van der Waals surface area contributed by atoms with Crippen molar-refractivity contribution in [1.29, 1.82) is 0 Å². The van der Waals surface area contributed by atoms with Crippen LogP contribution in [0.25, 0.3) is 11.5 Å². The number of halogens is 1. The fraction of sp³-hybridized carbons (Fsp3) is 0.118. The van der Waals surface area contributed by atoms with E-state index in [0.29, 0.717) is 16.7 Å². The molecule has 0 unspecified atom stereocenters. The van der Waals surface area contributed by atoms with Crippen molar-refractivity contribution in [3.8, 4) is 17.2 Å². The van der Waals surface area contributed by atoms with Gasteiger partial charge in [-0.1, -0.05) is 35.9 Å². The van der Waals surface area contributed by atoms with Crippen LogP contribution in [0.4, 0.5) is 0 Å². The van der Waals surface area contributed by atoms with Gasteiger partial charge in [-0.3, -0.25) is 0 Å². The van der Waals surface area contributed by atoms with Crippen LogP contribution in [-0.2, 0) is 16.1 Å². The van der Waals surface area contributed by atoms with Crippen molar-refractivity contribution < 1.29 is 18.7 Å². The molecule has 0 aliphatic carbocycles. The van der Waals surface area contributed by atoms with Gasteiger partial charge in [-0.2, -0.15) is 0 Å². The van der Waals surface area contributed by atoms with E-state index in [0.717, 1.165) is 5.56 Å². The second kappa shape index (κ2) is 7.61. The highest BCUT2D eigenvalue weighted by molar-refractivity contribution is 6.30. The zero-order valence-electron chi connectivity index (χ0n) is 12.5. The van der Waals surface area contributed by atoms with E-state index in [4.69, 9.17) is 25.5 Å². The normalized spacial score (nSPS) is 10.4. The molecule has 3 rings (SSSR count). The number of hydrogen-bond acceptors (Lipinski definition) is 6. The van der Waals surface area contributed by atoms with Crippen molar-refractivity contribution in [3.63, 3.8) is 0 Å². The van der Waals surface area contributed by atoms with E-state index in [9.17, 15) is 4.79 Å². The Balaban J connectivity index is 1.49. The van der Waals surface area contributed by atoms with E-state index in [1.165, 1.54) is 0 Å². The molecule has 0 saturated carbocycles. The van der Waals surface area contributed by atoms with Crippen LogP contribution in [0.5, 0.6) is 5.75 Å². The van der Waals surface area contributed by atoms with Gasteiger partial charge in [0.15, 0.2) is 13.2 Å². The molecule has 1 heterocycles. The van der Waals surface area contributed by atoms with E-state index in [2.05, 4.69) is 10.2 Å². The number of benzene rings is 2. The fourth-order valence-electron chi connectivity index (χ4n) is 1.89. The lowest BCUT2D eigenvalue weighted by Crippen LogP contribution is -2.14. The molecule has 0 radical (unpaired) electrons. The highest BCUT2D eigenvalue weighted by Gasteiger charge is 2.11. The lowest BCUT2D eigenvalue weighted by atomic mass is 10.2. The van der Waals surface area contributed by atoms with Crippen molar-refractivity contribution in [3.05, 3.63) is 65.5 Å². The Morgan fingerprint density at radius 1 is 1.08 bits per heavy atom. The zero-order valence-corrected chi connectivity index (χ0v) is 13.3. The highest BCUT2D eigenvalue weighted by Crippen LogP contribution is 2.18. The van der Waals surface area contributed by atoms with E-state index >= 15 is 0 Å². The third kappa shape index (κ3) is 4.33. The first-order valence-corrected chi connectivity index (χ1v) is 7.50. The Morgan fingerprint density at radius 2 is 1.92 bits per heavy atom. The number of ether oxygens (including phenoxy) is 2. The molecule has 24 heavy (non-hydrogen) atoms. The minimum atomic E-state index is -0.547. The van der Waals surface area contributed by atoms with Crippen molar-refractivity contribution in [2.75, 3.05) is 6.61 Å². The minimum Gasteiger partial charge on any atom is -0.482 e. The molecule has 2 aromatic carbocycles. The predicted molar refractivity (Wildman–Crippen MR) is 86.5 cm³/mol. The molecule has 1 aromatic heterocycles. The van der Waals surface area contributed by atoms with Crippen LogP contribution in [0.1, 0.15) is 5.89 Å². The van der Waals surface area contributed by atoms with Crippen LogP contribution in [0, 0.1) is 0 Å². The van der Waals surface area contributed by atoms with Crippen LogP contribution >= 0.6 is 11.6 Å². The topological polar surface area (TPSA) is 74.5 Å². The van der Waals surface area contributed by atoms with Crippen LogP contribution in [0.2, 0.25) is 5.02 Å². The average molecular weight is 345 g/mol. The summed E-state index contributed by atoms with van der Waals surface area (Å²) in [4.78, 5) is 11.7. The van der Waals surface area contributed by atoms with Crippen LogP contribution in [0.15, 0.2) is 59.0 Å². The van der Waals surface area contributed by atoms with Gasteiger partial charge in [0, 0.05) is 10.6 Å². The lowest BCUT2D eigenvalue weighted by Gasteiger charge is -2.05. The van der Waals surface area contributed by atoms with Gasteiger partial charge in [-0.05, 0) is 30.3 Å². The molecule has 6 nitrogen and oxygen atoms in total. The predicted octanol–water partition coefficient (Wildman–Crippen LogP) is 3.51. The average Bonchev–Trinajstić information content (AvgIpc) is 3.08. The van der Waals surface area contributed by atoms with Gasteiger partial charge in [0.2, 0.25) is 5.89 Å².